The molecule has 1 aromatic carbocycles. The number of piperazine rings is 1. The number of carboxylic acid groups (broad SMARTS) is 1. The Bertz CT molecular complexity index is 499. The maximum absolute atomic E-state index is 12.3. The SMILES string of the molecule is CN(CCCN1CCN(C(=O)c2ccccc2)CC1)C(=O)O. The standard InChI is InChI=1S/C16H23N3O3/c1-17(16(21)22)8-5-9-18-10-12-19(13-11-18)15(20)14-6-3-2-4-7-14/h2-4,6-7H,5,8-13H2,1H3,(H,21,22). The Balaban J connectivity index is 1.72. The summed E-state index contributed by atoms with van der Waals surface area (Å²) in [7, 11) is 1.58. The van der Waals surface area contributed by atoms with Crippen LogP contribution in [0.2, 0.25) is 0 Å². The monoisotopic (exact) mass is 305 g/mol. The van der Waals surface area contributed by atoms with Crippen LogP contribution in [0.1, 0.15) is 16.8 Å². The van der Waals surface area contributed by atoms with E-state index in [9.17, 15) is 9.59 Å². The van der Waals surface area contributed by atoms with Gasteiger partial charge in [0, 0.05) is 45.3 Å². The molecule has 0 radical (unpaired) electrons. The number of nitrogens with zero attached hydrogens (tertiary/aromatic N) is 3. The lowest BCUT2D eigenvalue weighted by atomic mass is 10.2. The summed E-state index contributed by atoms with van der Waals surface area (Å²) in [4.78, 5) is 28.5. The molecule has 22 heavy (non-hydrogen) atoms. The van der Waals surface area contributed by atoms with Gasteiger partial charge in [0.15, 0.2) is 0 Å². The smallest absolute Gasteiger partial charge is 0.407 e. The Kier molecular flexibility index (Phi) is 5.77. The second-order valence-corrected chi connectivity index (χ2v) is 5.56. The van der Waals surface area contributed by atoms with Gasteiger partial charge in [0.05, 0.1) is 0 Å². The second-order valence-electron chi connectivity index (χ2n) is 5.56. The van der Waals surface area contributed by atoms with Gasteiger partial charge in [0.2, 0.25) is 0 Å². The number of hydrogen-bond donors (Lipinski definition) is 1. The minimum Gasteiger partial charge on any atom is -0.465 e. The zero-order valence-corrected chi connectivity index (χ0v) is 12.9. The first-order valence-corrected chi connectivity index (χ1v) is 7.58. The highest BCUT2D eigenvalue weighted by molar-refractivity contribution is 5.94. The van der Waals surface area contributed by atoms with E-state index >= 15 is 0 Å². The van der Waals surface area contributed by atoms with Crippen LogP contribution < -0.4 is 0 Å². The Labute approximate surface area is 130 Å². The van der Waals surface area contributed by atoms with E-state index in [0.29, 0.717) is 6.54 Å². The van der Waals surface area contributed by atoms with Gasteiger partial charge in [-0.05, 0) is 25.1 Å². The van der Waals surface area contributed by atoms with Gasteiger partial charge in [-0.15, -0.1) is 0 Å². The molecule has 0 bridgehead atoms. The van der Waals surface area contributed by atoms with E-state index in [1.807, 2.05) is 35.2 Å². The van der Waals surface area contributed by atoms with Crippen LogP contribution in [0.5, 0.6) is 0 Å². The summed E-state index contributed by atoms with van der Waals surface area (Å²) in [5, 5.41) is 8.79. The third-order valence-electron chi connectivity index (χ3n) is 3.97. The second kappa shape index (κ2) is 7.79. The van der Waals surface area contributed by atoms with Gasteiger partial charge in [0.1, 0.15) is 0 Å². The Morgan fingerprint density at radius 3 is 2.36 bits per heavy atom. The molecule has 1 saturated heterocycles. The lowest BCUT2D eigenvalue weighted by Gasteiger charge is -2.35. The van der Waals surface area contributed by atoms with E-state index in [1.54, 1.807) is 7.05 Å². The molecule has 1 aliphatic rings. The van der Waals surface area contributed by atoms with E-state index in [1.165, 1.54) is 4.90 Å². The van der Waals surface area contributed by atoms with Gasteiger partial charge in [-0.2, -0.15) is 0 Å². The van der Waals surface area contributed by atoms with Gasteiger partial charge in [-0.3, -0.25) is 9.69 Å². The molecule has 6 heteroatoms. The highest BCUT2D eigenvalue weighted by Gasteiger charge is 2.21. The molecule has 120 valence electrons. The van der Waals surface area contributed by atoms with Crippen molar-refractivity contribution in [1.29, 1.82) is 0 Å². The van der Waals surface area contributed by atoms with Crippen LogP contribution in [-0.4, -0.2) is 78.1 Å². The number of rotatable bonds is 5. The first-order valence-electron chi connectivity index (χ1n) is 7.58. The minimum atomic E-state index is -0.890. The van der Waals surface area contributed by atoms with Gasteiger partial charge in [0.25, 0.3) is 5.91 Å². The van der Waals surface area contributed by atoms with Crippen LogP contribution in [0.4, 0.5) is 4.79 Å². The van der Waals surface area contributed by atoms with E-state index in [0.717, 1.165) is 44.7 Å². The number of hydrogen-bond acceptors (Lipinski definition) is 3. The summed E-state index contributed by atoms with van der Waals surface area (Å²) in [6.07, 6.45) is -0.0756. The Morgan fingerprint density at radius 1 is 1.14 bits per heavy atom. The molecule has 2 amide bonds. The zero-order chi connectivity index (χ0) is 15.9. The Hall–Kier alpha value is -2.08. The summed E-state index contributed by atoms with van der Waals surface area (Å²) >= 11 is 0. The van der Waals surface area contributed by atoms with Crippen molar-refractivity contribution in [3.8, 4) is 0 Å². The zero-order valence-electron chi connectivity index (χ0n) is 12.9. The minimum absolute atomic E-state index is 0.0888. The highest BCUT2D eigenvalue weighted by Crippen LogP contribution is 2.09. The molecule has 1 N–H and O–H groups in total. The molecule has 1 fully saturated rings. The van der Waals surface area contributed by atoms with E-state index in [2.05, 4.69) is 4.90 Å². The molecule has 1 aromatic rings. The number of benzene rings is 1. The van der Waals surface area contributed by atoms with Crippen molar-refractivity contribution in [2.24, 2.45) is 0 Å². The number of carbonyl (C=O) groups excluding carboxylic acids is 1. The van der Waals surface area contributed by atoms with Crippen molar-refractivity contribution < 1.29 is 14.7 Å². The molecular formula is C16H23N3O3. The summed E-state index contributed by atoms with van der Waals surface area (Å²) in [6.45, 7) is 4.54. The lowest BCUT2D eigenvalue weighted by Crippen LogP contribution is -2.49. The molecule has 0 spiro atoms. The molecule has 0 atom stereocenters. The third kappa shape index (κ3) is 4.46. The fourth-order valence-electron chi connectivity index (χ4n) is 2.57. The third-order valence-corrected chi connectivity index (χ3v) is 3.97. The van der Waals surface area contributed by atoms with Crippen LogP contribution in [0.15, 0.2) is 30.3 Å². The molecule has 0 unspecified atom stereocenters. The quantitative estimate of drug-likeness (QED) is 0.894. The van der Waals surface area contributed by atoms with Gasteiger partial charge in [-0.1, -0.05) is 18.2 Å². The van der Waals surface area contributed by atoms with Crippen molar-refractivity contribution in [3.63, 3.8) is 0 Å². The summed E-state index contributed by atoms with van der Waals surface area (Å²) in [5.41, 5.74) is 0.735. The molecular weight excluding hydrogens is 282 g/mol. The van der Waals surface area contributed by atoms with Crippen molar-refractivity contribution in [3.05, 3.63) is 35.9 Å². The van der Waals surface area contributed by atoms with Crippen LogP contribution in [0, 0.1) is 0 Å². The predicted molar refractivity (Wildman–Crippen MR) is 84.1 cm³/mol. The van der Waals surface area contributed by atoms with E-state index < -0.39 is 6.09 Å². The largest absolute Gasteiger partial charge is 0.465 e. The first kappa shape index (κ1) is 16.3. The fourth-order valence-corrected chi connectivity index (χ4v) is 2.57. The predicted octanol–water partition coefficient (Wildman–Crippen LogP) is 1.44. The topological polar surface area (TPSA) is 64.1 Å². The van der Waals surface area contributed by atoms with Crippen LogP contribution >= 0.6 is 0 Å². The van der Waals surface area contributed by atoms with Gasteiger partial charge < -0.3 is 14.9 Å². The molecule has 6 nitrogen and oxygen atoms in total. The molecule has 0 aliphatic carbocycles. The molecule has 2 rings (SSSR count). The average molecular weight is 305 g/mol. The first-order chi connectivity index (χ1) is 10.6. The molecule has 0 saturated carbocycles. The Morgan fingerprint density at radius 2 is 1.77 bits per heavy atom. The number of amides is 2. The maximum atomic E-state index is 12.3. The van der Waals surface area contributed by atoms with Crippen molar-refractivity contribution in [1.82, 2.24) is 14.7 Å². The van der Waals surface area contributed by atoms with Crippen LogP contribution in [0.25, 0.3) is 0 Å². The lowest BCUT2D eigenvalue weighted by molar-refractivity contribution is 0.0632. The van der Waals surface area contributed by atoms with E-state index in [-0.39, 0.29) is 5.91 Å². The average Bonchev–Trinajstić information content (AvgIpc) is 2.55. The summed E-state index contributed by atoms with van der Waals surface area (Å²) in [5.74, 6) is 0.0888. The number of carbonyl (C=O) groups is 2. The fraction of sp³-hybridized carbons (Fsp3) is 0.500. The van der Waals surface area contributed by atoms with Crippen LogP contribution in [-0.2, 0) is 0 Å². The van der Waals surface area contributed by atoms with Crippen molar-refractivity contribution in [2.45, 2.75) is 6.42 Å². The molecule has 1 heterocycles. The maximum Gasteiger partial charge on any atom is 0.407 e. The van der Waals surface area contributed by atoms with Crippen LogP contribution in [0.3, 0.4) is 0 Å². The van der Waals surface area contributed by atoms with E-state index in [4.69, 9.17) is 5.11 Å². The molecule has 1 aliphatic heterocycles. The van der Waals surface area contributed by atoms with Gasteiger partial charge in [-0.25, -0.2) is 4.79 Å². The summed E-state index contributed by atoms with van der Waals surface area (Å²) < 4.78 is 0. The normalized spacial score (nSPS) is 15.6. The van der Waals surface area contributed by atoms with Crippen molar-refractivity contribution >= 4 is 12.0 Å². The highest BCUT2D eigenvalue weighted by atomic mass is 16.4. The summed E-state index contributed by atoms with van der Waals surface area (Å²) in [6, 6.07) is 9.35. The van der Waals surface area contributed by atoms with Crippen molar-refractivity contribution in [2.75, 3.05) is 46.3 Å². The molecule has 0 aromatic heterocycles. The van der Waals surface area contributed by atoms with Gasteiger partial charge >= 0.3 is 6.09 Å².